The molecule has 162 valence electrons. The molecule has 1 aromatic carbocycles. The van der Waals surface area contributed by atoms with Crippen molar-refractivity contribution in [3.05, 3.63) is 59.5 Å². The highest BCUT2D eigenvalue weighted by atomic mass is 19.4. The van der Waals surface area contributed by atoms with E-state index in [1.54, 1.807) is 46.6 Å². The number of alkyl halides is 3. The van der Waals surface area contributed by atoms with E-state index in [9.17, 15) is 27.6 Å². The second-order valence-corrected chi connectivity index (χ2v) is 6.35. The Kier molecular flexibility index (Phi) is 7.98. The van der Waals surface area contributed by atoms with Gasteiger partial charge in [-0.15, -0.1) is 0 Å². The van der Waals surface area contributed by atoms with Gasteiger partial charge in [-0.2, -0.15) is 13.2 Å². The van der Waals surface area contributed by atoms with Gasteiger partial charge in [0.1, 0.15) is 12.3 Å². The van der Waals surface area contributed by atoms with Gasteiger partial charge in [0.25, 0.3) is 5.91 Å². The minimum Gasteiger partial charge on any atom is -0.468 e. The molecule has 1 aromatic heterocycles. The molecule has 0 radical (unpaired) electrons. The minimum atomic E-state index is -4.58. The van der Waals surface area contributed by atoms with Crippen molar-refractivity contribution in [1.29, 1.82) is 0 Å². The van der Waals surface area contributed by atoms with Gasteiger partial charge in [-0.25, -0.2) is 4.79 Å². The Hall–Kier alpha value is -3.34. The molecule has 0 saturated heterocycles. The Bertz CT molecular complexity index is 852. The number of urea groups is 1. The van der Waals surface area contributed by atoms with Crippen molar-refractivity contribution < 1.29 is 32.0 Å². The molecule has 8 nitrogen and oxygen atoms in total. The Morgan fingerprint density at radius 3 is 2.33 bits per heavy atom. The van der Waals surface area contributed by atoms with E-state index in [1.165, 1.54) is 13.3 Å². The van der Waals surface area contributed by atoms with Crippen molar-refractivity contribution in [2.24, 2.45) is 0 Å². The van der Waals surface area contributed by atoms with Crippen molar-refractivity contribution in [1.82, 2.24) is 20.9 Å². The van der Waals surface area contributed by atoms with Crippen LogP contribution in [0.2, 0.25) is 0 Å². The molecular weight excluding hydrogens is 405 g/mol. The van der Waals surface area contributed by atoms with Crippen LogP contribution >= 0.6 is 0 Å². The molecule has 0 spiro atoms. The molecule has 0 aliphatic heterocycles. The maximum absolute atomic E-state index is 12.1. The maximum Gasteiger partial charge on any atom is 0.405 e. The van der Waals surface area contributed by atoms with E-state index in [4.69, 9.17) is 4.42 Å². The number of imide groups is 1. The van der Waals surface area contributed by atoms with E-state index in [1.807, 2.05) is 5.32 Å². The summed E-state index contributed by atoms with van der Waals surface area (Å²) in [4.78, 5) is 36.8. The number of benzene rings is 1. The van der Waals surface area contributed by atoms with Crippen molar-refractivity contribution in [3.8, 4) is 0 Å². The smallest absolute Gasteiger partial charge is 0.405 e. The fraction of sp³-hybridized carbons (Fsp3) is 0.316. The molecule has 0 aliphatic rings. The summed E-state index contributed by atoms with van der Waals surface area (Å²) < 4.78 is 41.7. The number of halogens is 3. The molecule has 0 saturated carbocycles. The van der Waals surface area contributed by atoms with Gasteiger partial charge < -0.3 is 15.1 Å². The first kappa shape index (κ1) is 22.9. The summed E-state index contributed by atoms with van der Waals surface area (Å²) in [6, 6.07) is 8.84. The van der Waals surface area contributed by atoms with Crippen molar-refractivity contribution in [2.75, 3.05) is 20.1 Å². The number of amides is 4. The lowest BCUT2D eigenvalue weighted by Gasteiger charge is -2.21. The highest BCUT2D eigenvalue weighted by Crippen LogP contribution is 2.13. The molecular formula is C19H21F3N4O4. The Morgan fingerprint density at radius 2 is 1.77 bits per heavy atom. The summed E-state index contributed by atoms with van der Waals surface area (Å²) in [7, 11) is 1.52. The summed E-state index contributed by atoms with van der Waals surface area (Å²) in [6.45, 7) is -1.31. The lowest BCUT2D eigenvalue weighted by Crippen LogP contribution is -2.46. The lowest BCUT2D eigenvalue weighted by molar-refractivity contribution is -0.125. The highest BCUT2D eigenvalue weighted by Gasteiger charge is 2.28. The van der Waals surface area contributed by atoms with Gasteiger partial charge in [-0.05, 0) is 29.8 Å². The van der Waals surface area contributed by atoms with Crippen LogP contribution in [0.5, 0.6) is 0 Å². The topological polar surface area (TPSA) is 104 Å². The third-order valence-electron chi connectivity index (χ3n) is 3.88. The van der Waals surface area contributed by atoms with E-state index >= 15 is 0 Å². The zero-order valence-corrected chi connectivity index (χ0v) is 16.1. The van der Waals surface area contributed by atoms with Gasteiger partial charge in [0.05, 0.1) is 19.4 Å². The lowest BCUT2D eigenvalue weighted by atomic mass is 10.1. The number of rotatable bonds is 8. The predicted molar refractivity (Wildman–Crippen MR) is 100 cm³/mol. The van der Waals surface area contributed by atoms with Crippen LogP contribution in [0.4, 0.5) is 18.0 Å². The molecule has 0 aliphatic carbocycles. The number of carbonyl (C=O) groups is 3. The molecule has 30 heavy (non-hydrogen) atoms. The third-order valence-corrected chi connectivity index (χ3v) is 3.88. The molecule has 2 aromatic rings. The molecule has 0 fully saturated rings. The number of furan rings is 1. The van der Waals surface area contributed by atoms with Crippen LogP contribution in [0.25, 0.3) is 0 Å². The average molecular weight is 426 g/mol. The summed E-state index contributed by atoms with van der Waals surface area (Å²) in [6.07, 6.45) is -3.11. The quantitative estimate of drug-likeness (QED) is 0.599. The monoisotopic (exact) mass is 426 g/mol. The molecule has 0 unspecified atom stereocenters. The van der Waals surface area contributed by atoms with Crippen LogP contribution in [-0.4, -0.2) is 49.1 Å². The first-order valence-corrected chi connectivity index (χ1v) is 8.86. The molecule has 11 heteroatoms. The standard InChI is InChI=1S/C19H21F3N4O4/c1-23-17(28)14-6-4-13(5-7-14)9-26(10-15-3-2-8-30-15)11-16(27)25-18(29)24-12-19(20,21)22/h2-8H,9-12H2,1H3,(H,23,28)(H2,24,25,27,29). The molecule has 0 bridgehead atoms. The van der Waals surface area contributed by atoms with Crippen LogP contribution in [0.3, 0.4) is 0 Å². The fourth-order valence-corrected chi connectivity index (χ4v) is 2.55. The van der Waals surface area contributed by atoms with E-state index in [0.29, 0.717) is 11.3 Å². The van der Waals surface area contributed by atoms with Crippen LogP contribution in [-0.2, 0) is 17.9 Å². The van der Waals surface area contributed by atoms with E-state index in [-0.39, 0.29) is 25.5 Å². The van der Waals surface area contributed by atoms with E-state index in [0.717, 1.165) is 5.56 Å². The number of hydrogen-bond acceptors (Lipinski definition) is 5. The summed E-state index contributed by atoms with van der Waals surface area (Å²) in [5.74, 6) is -0.451. The zero-order valence-electron chi connectivity index (χ0n) is 16.1. The van der Waals surface area contributed by atoms with Gasteiger partial charge in [-0.1, -0.05) is 12.1 Å². The summed E-state index contributed by atoms with van der Waals surface area (Å²) in [5.41, 5.74) is 1.25. The number of nitrogens with one attached hydrogen (secondary N) is 3. The van der Waals surface area contributed by atoms with Crippen molar-refractivity contribution in [2.45, 2.75) is 19.3 Å². The number of nitrogens with zero attached hydrogens (tertiary/aromatic N) is 1. The van der Waals surface area contributed by atoms with Gasteiger partial charge in [-0.3, -0.25) is 19.8 Å². The Balaban J connectivity index is 1.99. The predicted octanol–water partition coefficient (Wildman–Crippen LogP) is 2.03. The molecule has 0 atom stereocenters. The Morgan fingerprint density at radius 1 is 1.07 bits per heavy atom. The number of carbonyl (C=O) groups excluding carboxylic acids is 3. The van der Waals surface area contributed by atoms with Crippen molar-refractivity contribution in [3.63, 3.8) is 0 Å². The largest absolute Gasteiger partial charge is 0.468 e. The molecule has 2 rings (SSSR count). The normalized spacial score (nSPS) is 11.2. The third kappa shape index (κ3) is 7.95. The highest BCUT2D eigenvalue weighted by molar-refractivity contribution is 5.95. The average Bonchev–Trinajstić information content (AvgIpc) is 3.18. The molecule has 4 amide bonds. The van der Waals surface area contributed by atoms with Gasteiger partial charge in [0, 0.05) is 19.2 Å². The Labute approximate surface area is 170 Å². The zero-order chi connectivity index (χ0) is 22.1. The minimum absolute atomic E-state index is 0.224. The molecule has 3 N–H and O–H groups in total. The van der Waals surface area contributed by atoms with Crippen molar-refractivity contribution >= 4 is 17.8 Å². The van der Waals surface area contributed by atoms with Crippen LogP contribution < -0.4 is 16.0 Å². The molecule has 1 heterocycles. The van der Waals surface area contributed by atoms with Gasteiger partial charge in [0.15, 0.2) is 0 Å². The first-order valence-electron chi connectivity index (χ1n) is 8.86. The van der Waals surface area contributed by atoms with Crippen LogP contribution in [0.1, 0.15) is 21.7 Å². The second-order valence-electron chi connectivity index (χ2n) is 6.35. The summed E-state index contributed by atoms with van der Waals surface area (Å²) >= 11 is 0. The summed E-state index contributed by atoms with van der Waals surface area (Å²) in [5, 5.41) is 5.95. The number of hydrogen-bond donors (Lipinski definition) is 3. The maximum atomic E-state index is 12.1. The van der Waals surface area contributed by atoms with Gasteiger partial charge >= 0.3 is 12.2 Å². The van der Waals surface area contributed by atoms with Crippen LogP contribution in [0, 0.1) is 0 Å². The fourth-order valence-electron chi connectivity index (χ4n) is 2.55. The van der Waals surface area contributed by atoms with E-state index < -0.39 is 24.7 Å². The van der Waals surface area contributed by atoms with Gasteiger partial charge in [0.2, 0.25) is 5.91 Å². The van der Waals surface area contributed by atoms with Crippen LogP contribution in [0.15, 0.2) is 47.1 Å². The van der Waals surface area contributed by atoms with E-state index in [2.05, 4.69) is 5.32 Å². The first-order chi connectivity index (χ1) is 14.2. The SMILES string of the molecule is CNC(=O)c1ccc(CN(CC(=O)NC(=O)NCC(F)(F)F)Cc2ccco2)cc1. The second kappa shape index (κ2) is 10.4.